The third-order valence-electron chi connectivity index (χ3n) is 4.53. The molecule has 24 heavy (non-hydrogen) atoms. The highest BCUT2D eigenvalue weighted by Gasteiger charge is 2.41. The largest absolute Gasteiger partial charge is 0.338 e. The molecule has 2 fully saturated rings. The summed E-state index contributed by atoms with van der Waals surface area (Å²) >= 11 is 0. The zero-order chi connectivity index (χ0) is 17.1. The van der Waals surface area contributed by atoms with Crippen LogP contribution in [0.5, 0.6) is 0 Å². The molecule has 0 radical (unpaired) electrons. The van der Waals surface area contributed by atoms with E-state index in [-0.39, 0.29) is 30.6 Å². The van der Waals surface area contributed by atoms with Crippen molar-refractivity contribution >= 4 is 23.7 Å². The third-order valence-corrected chi connectivity index (χ3v) is 4.53. The zero-order valence-electron chi connectivity index (χ0n) is 13.8. The Morgan fingerprint density at radius 1 is 1.17 bits per heavy atom. The molecule has 7 nitrogen and oxygen atoms in total. The maximum atomic E-state index is 12.7. The van der Waals surface area contributed by atoms with Crippen LogP contribution in [0, 0.1) is 0 Å². The quantitative estimate of drug-likeness (QED) is 0.857. The van der Waals surface area contributed by atoms with Gasteiger partial charge in [0.05, 0.1) is 5.69 Å². The zero-order valence-corrected chi connectivity index (χ0v) is 13.8. The van der Waals surface area contributed by atoms with E-state index in [0.29, 0.717) is 38.2 Å². The molecule has 7 heteroatoms. The van der Waals surface area contributed by atoms with Crippen molar-refractivity contribution in [3.63, 3.8) is 0 Å². The number of carbonyl (C=O) groups is 3. The van der Waals surface area contributed by atoms with Gasteiger partial charge in [0.2, 0.25) is 0 Å². The molecule has 1 aromatic carbocycles. The smallest absolute Gasteiger partial charge is 0.332 e. The fraction of sp³-hybridized carbons (Fsp3) is 0.471. The van der Waals surface area contributed by atoms with Gasteiger partial charge in [-0.15, -0.1) is 0 Å². The lowest BCUT2D eigenvalue weighted by molar-refractivity contribution is -0.116. The van der Waals surface area contributed by atoms with Crippen LogP contribution in [-0.4, -0.2) is 60.0 Å². The molecule has 5 amide bonds. The minimum Gasteiger partial charge on any atom is -0.338 e. The summed E-state index contributed by atoms with van der Waals surface area (Å²) in [5.74, 6) is -0.197. The van der Waals surface area contributed by atoms with Crippen LogP contribution in [0.4, 0.5) is 15.3 Å². The molecule has 0 spiro atoms. The molecule has 0 aromatic heterocycles. The Labute approximate surface area is 141 Å². The van der Waals surface area contributed by atoms with E-state index in [1.165, 1.54) is 4.90 Å². The van der Waals surface area contributed by atoms with Gasteiger partial charge in [0.25, 0.3) is 5.91 Å². The number of hydrogen-bond acceptors (Lipinski definition) is 3. The lowest BCUT2D eigenvalue weighted by Gasteiger charge is -2.36. The number of nitrogens with one attached hydrogen (secondary N) is 1. The second-order valence-electron chi connectivity index (χ2n) is 6.03. The highest BCUT2D eigenvalue weighted by molar-refractivity contribution is 6.19. The van der Waals surface area contributed by atoms with Gasteiger partial charge in [0.15, 0.2) is 0 Å². The van der Waals surface area contributed by atoms with Crippen molar-refractivity contribution in [3.8, 4) is 0 Å². The minimum absolute atomic E-state index is 0.000777. The summed E-state index contributed by atoms with van der Waals surface area (Å²) in [7, 11) is 0. The van der Waals surface area contributed by atoms with Crippen LogP contribution in [0.3, 0.4) is 0 Å². The van der Waals surface area contributed by atoms with Gasteiger partial charge < -0.3 is 15.1 Å². The molecular weight excluding hydrogens is 308 g/mol. The Kier molecular flexibility index (Phi) is 4.69. The van der Waals surface area contributed by atoms with Crippen molar-refractivity contribution in [1.82, 2.24) is 15.1 Å². The van der Waals surface area contributed by atoms with Gasteiger partial charge in [-0.25, -0.2) is 14.5 Å². The van der Waals surface area contributed by atoms with Crippen LogP contribution in [0.25, 0.3) is 0 Å². The number of hydrogen-bond donors (Lipinski definition) is 1. The normalized spacial score (nSPS) is 19.1. The van der Waals surface area contributed by atoms with Crippen LogP contribution in [0.2, 0.25) is 0 Å². The van der Waals surface area contributed by atoms with Crippen molar-refractivity contribution in [2.24, 2.45) is 0 Å². The number of piperidine rings is 1. The Bertz CT molecular complexity index is 626. The molecule has 2 heterocycles. The second-order valence-corrected chi connectivity index (χ2v) is 6.03. The van der Waals surface area contributed by atoms with E-state index in [4.69, 9.17) is 0 Å². The van der Waals surface area contributed by atoms with Crippen molar-refractivity contribution in [2.75, 3.05) is 31.1 Å². The van der Waals surface area contributed by atoms with Crippen molar-refractivity contribution < 1.29 is 14.4 Å². The number of benzene rings is 1. The first-order chi connectivity index (χ1) is 11.6. The van der Waals surface area contributed by atoms with Gasteiger partial charge >= 0.3 is 12.1 Å². The van der Waals surface area contributed by atoms with Crippen LogP contribution in [0.15, 0.2) is 30.3 Å². The van der Waals surface area contributed by atoms with Crippen LogP contribution in [0.1, 0.15) is 19.8 Å². The summed E-state index contributed by atoms with van der Waals surface area (Å²) in [5.41, 5.74) is 0.606. The standard InChI is InChI=1S/C17H22N4O3/c1-2-18-16(23)19-10-8-13(9-11-19)20-12-15(22)21(17(20)24)14-6-4-3-5-7-14/h3-7,13H,2,8-12H2,1H3,(H,18,23). The second kappa shape index (κ2) is 6.90. The van der Waals surface area contributed by atoms with Crippen LogP contribution < -0.4 is 10.2 Å². The Balaban J connectivity index is 1.64. The van der Waals surface area contributed by atoms with Gasteiger partial charge in [0.1, 0.15) is 6.54 Å². The first kappa shape index (κ1) is 16.3. The predicted molar refractivity (Wildman–Crippen MR) is 89.7 cm³/mol. The lowest BCUT2D eigenvalue weighted by atomic mass is 10.0. The summed E-state index contributed by atoms with van der Waals surface area (Å²) < 4.78 is 0. The number of imide groups is 1. The maximum absolute atomic E-state index is 12.7. The number of likely N-dealkylation sites (tertiary alicyclic amines) is 1. The molecule has 2 saturated heterocycles. The molecular formula is C17H22N4O3. The topological polar surface area (TPSA) is 73.0 Å². The van der Waals surface area contributed by atoms with E-state index in [1.807, 2.05) is 25.1 Å². The first-order valence-electron chi connectivity index (χ1n) is 8.33. The number of anilines is 1. The van der Waals surface area contributed by atoms with Gasteiger partial charge in [-0.05, 0) is 31.9 Å². The number of carbonyl (C=O) groups excluding carboxylic acids is 3. The average Bonchev–Trinajstić information content (AvgIpc) is 2.90. The Morgan fingerprint density at radius 2 is 1.83 bits per heavy atom. The number of para-hydroxylation sites is 1. The summed E-state index contributed by atoms with van der Waals surface area (Å²) in [6.45, 7) is 3.79. The summed E-state index contributed by atoms with van der Waals surface area (Å²) in [6, 6.07) is 8.67. The average molecular weight is 330 g/mol. The van der Waals surface area contributed by atoms with Crippen molar-refractivity contribution in [2.45, 2.75) is 25.8 Å². The van der Waals surface area contributed by atoms with E-state index < -0.39 is 0 Å². The molecule has 0 saturated carbocycles. The number of rotatable bonds is 3. The molecule has 0 atom stereocenters. The molecule has 2 aliphatic rings. The van der Waals surface area contributed by atoms with E-state index >= 15 is 0 Å². The molecule has 2 aliphatic heterocycles. The summed E-state index contributed by atoms with van der Waals surface area (Å²) in [6.07, 6.45) is 1.39. The highest BCUT2D eigenvalue weighted by atomic mass is 16.2. The SMILES string of the molecule is CCNC(=O)N1CCC(N2CC(=O)N(c3ccccc3)C2=O)CC1. The summed E-state index contributed by atoms with van der Waals surface area (Å²) in [4.78, 5) is 41.5. The third kappa shape index (κ3) is 3.06. The lowest BCUT2D eigenvalue weighted by Crippen LogP contribution is -2.50. The van der Waals surface area contributed by atoms with E-state index in [9.17, 15) is 14.4 Å². The Morgan fingerprint density at radius 3 is 2.46 bits per heavy atom. The molecule has 128 valence electrons. The van der Waals surface area contributed by atoms with Gasteiger partial charge in [0, 0.05) is 25.7 Å². The predicted octanol–water partition coefficient (Wildman–Crippen LogP) is 1.65. The fourth-order valence-corrected chi connectivity index (χ4v) is 3.28. The van der Waals surface area contributed by atoms with Gasteiger partial charge in [-0.2, -0.15) is 0 Å². The summed E-state index contributed by atoms with van der Waals surface area (Å²) in [5, 5.41) is 2.79. The van der Waals surface area contributed by atoms with Crippen molar-refractivity contribution in [1.29, 1.82) is 0 Å². The monoisotopic (exact) mass is 330 g/mol. The Hall–Kier alpha value is -2.57. The minimum atomic E-state index is -0.261. The highest BCUT2D eigenvalue weighted by Crippen LogP contribution is 2.26. The van der Waals surface area contributed by atoms with Crippen LogP contribution >= 0.6 is 0 Å². The van der Waals surface area contributed by atoms with Crippen molar-refractivity contribution in [3.05, 3.63) is 30.3 Å². The van der Waals surface area contributed by atoms with E-state index in [2.05, 4.69) is 5.32 Å². The fourth-order valence-electron chi connectivity index (χ4n) is 3.28. The number of nitrogens with zero attached hydrogens (tertiary/aromatic N) is 3. The molecule has 3 rings (SSSR count). The van der Waals surface area contributed by atoms with E-state index in [0.717, 1.165) is 0 Å². The number of amides is 5. The molecule has 1 N–H and O–H groups in total. The number of urea groups is 2. The van der Waals surface area contributed by atoms with E-state index in [1.54, 1.807) is 21.9 Å². The maximum Gasteiger partial charge on any atom is 0.332 e. The first-order valence-corrected chi connectivity index (χ1v) is 8.33. The molecule has 0 bridgehead atoms. The molecule has 0 unspecified atom stereocenters. The van der Waals surface area contributed by atoms with Gasteiger partial charge in [-0.3, -0.25) is 4.79 Å². The van der Waals surface area contributed by atoms with Crippen LogP contribution in [-0.2, 0) is 4.79 Å². The molecule has 1 aromatic rings. The molecule has 0 aliphatic carbocycles. The van der Waals surface area contributed by atoms with Gasteiger partial charge in [-0.1, -0.05) is 18.2 Å².